The van der Waals surface area contributed by atoms with Crippen molar-refractivity contribution in [1.82, 2.24) is 4.98 Å². The normalized spacial score (nSPS) is 11.7. The molecule has 0 atom stereocenters. The molecule has 3 rings (SSSR count). The number of aryl methyl sites for hydroxylation is 1. The summed E-state index contributed by atoms with van der Waals surface area (Å²) in [7, 11) is -3.58. The van der Waals surface area contributed by atoms with Crippen LogP contribution in [0.1, 0.15) is 12.5 Å². The van der Waals surface area contributed by atoms with E-state index in [9.17, 15) is 8.42 Å². The zero-order chi connectivity index (χ0) is 16.4. The maximum Gasteiger partial charge on any atom is 0.261 e. The summed E-state index contributed by atoms with van der Waals surface area (Å²) in [5, 5.41) is 0. The van der Waals surface area contributed by atoms with E-state index in [1.165, 1.54) is 0 Å². The number of thiazole rings is 1. The van der Waals surface area contributed by atoms with Crippen LogP contribution in [0.4, 0.5) is 5.69 Å². The molecule has 2 aromatic carbocycles. The van der Waals surface area contributed by atoms with Crippen molar-refractivity contribution in [2.45, 2.75) is 22.6 Å². The van der Waals surface area contributed by atoms with Gasteiger partial charge in [-0.2, -0.15) is 0 Å². The van der Waals surface area contributed by atoms with Crippen molar-refractivity contribution in [2.75, 3.05) is 11.0 Å². The highest BCUT2D eigenvalue weighted by Gasteiger charge is 2.14. The monoisotopic (exact) mass is 364 g/mol. The number of sulfonamides is 1. The number of hydrogen-bond acceptors (Lipinski definition) is 5. The highest BCUT2D eigenvalue weighted by Crippen LogP contribution is 2.30. The van der Waals surface area contributed by atoms with E-state index < -0.39 is 10.0 Å². The number of hydrogen-bond donors (Lipinski definition) is 1. The van der Waals surface area contributed by atoms with E-state index in [0.29, 0.717) is 5.69 Å². The number of rotatable bonds is 5. The third-order valence-corrected chi connectivity index (χ3v) is 6.84. The highest BCUT2D eigenvalue weighted by atomic mass is 32.2. The quantitative estimate of drug-likeness (QED) is 0.683. The lowest BCUT2D eigenvalue weighted by molar-refractivity contribution is 0.601. The molecule has 4 nitrogen and oxygen atoms in total. The van der Waals surface area contributed by atoms with Crippen molar-refractivity contribution >= 4 is 49.0 Å². The summed E-state index contributed by atoms with van der Waals surface area (Å²) in [5.74, 6) is 0. The van der Waals surface area contributed by atoms with E-state index in [0.717, 1.165) is 26.5 Å². The van der Waals surface area contributed by atoms with Gasteiger partial charge in [0.15, 0.2) is 4.34 Å². The fourth-order valence-electron chi connectivity index (χ4n) is 2.17. The average molecular weight is 365 g/mol. The second kappa shape index (κ2) is 6.51. The van der Waals surface area contributed by atoms with E-state index in [2.05, 4.69) is 9.71 Å². The van der Waals surface area contributed by atoms with Gasteiger partial charge >= 0.3 is 0 Å². The molecule has 0 amide bonds. The highest BCUT2D eigenvalue weighted by molar-refractivity contribution is 8.00. The van der Waals surface area contributed by atoms with Crippen LogP contribution in [-0.4, -0.2) is 19.7 Å². The summed E-state index contributed by atoms with van der Waals surface area (Å²) < 4.78 is 29.5. The van der Waals surface area contributed by atoms with Crippen molar-refractivity contribution in [3.63, 3.8) is 0 Å². The Balaban J connectivity index is 1.89. The first-order valence-electron chi connectivity index (χ1n) is 7.08. The Morgan fingerprint density at radius 3 is 2.57 bits per heavy atom. The lowest BCUT2D eigenvalue weighted by atomic mass is 10.2. The Labute approximate surface area is 144 Å². The molecule has 0 aliphatic rings. The molecule has 1 heterocycles. The van der Waals surface area contributed by atoms with Crippen LogP contribution in [0, 0.1) is 0 Å². The van der Waals surface area contributed by atoms with Crippen molar-refractivity contribution in [1.29, 1.82) is 0 Å². The summed E-state index contributed by atoms with van der Waals surface area (Å²) in [6, 6.07) is 12.4. The first-order chi connectivity index (χ1) is 11.0. The number of nitrogens with zero attached hydrogens (tertiary/aromatic N) is 1. The molecule has 0 saturated heterocycles. The van der Waals surface area contributed by atoms with Crippen LogP contribution in [0.2, 0.25) is 0 Å². The number of fused-ring (bicyclic) bond motifs is 1. The first-order valence-corrected chi connectivity index (χ1v) is 10.6. The number of aromatic nitrogens is 1. The molecule has 7 heteroatoms. The van der Waals surface area contributed by atoms with Crippen LogP contribution in [0.5, 0.6) is 0 Å². The average Bonchev–Trinajstić information content (AvgIpc) is 2.97. The van der Waals surface area contributed by atoms with Gasteiger partial charge in [-0.05, 0) is 48.6 Å². The molecule has 0 radical (unpaired) electrons. The van der Waals surface area contributed by atoms with Crippen molar-refractivity contribution in [2.24, 2.45) is 0 Å². The Morgan fingerprint density at radius 2 is 1.91 bits per heavy atom. The van der Waals surface area contributed by atoms with Crippen LogP contribution in [0.3, 0.4) is 0 Å². The Hall–Kier alpha value is -1.57. The topological polar surface area (TPSA) is 59.1 Å². The summed E-state index contributed by atoms with van der Waals surface area (Å²) >= 11 is 3.14. The van der Waals surface area contributed by atoms with Gasteiger partial charge in [0.05, 0.1) is 20.8 Å². The molecule has 0 spiro atoms. The predicted molar refractivity (Wildman–Crippen MR) is 98.0 cm³/mol. The minimum Gasteiger partial charge on any atom is -0.280 e. The predicted octanol–water partition coefficient (Wildman–Crippen LogP) is 4.38. The van der Waals surface area contributed by atoms with Gasteiger partial charge in [0.25, 0.3) is 10.0 Å². The summed E-state index contributed by atoms with van der Waals surface area (Å²) in [5.41, 5.74) is 2.54. The van der Waals surface area contributed by atoms with E-state index >= 15 is 0 Å². The standard InChI is InChI=1S/C16H16N2O2S3/c1-3-11-4-7-13(8-5-11)23(19,20)18-12-6-9-14-15(10-12)22-16(17-14)21-2/h4-10,18H,3H2,1-2H3. The maximum atomic E-state index is 12.5. The lowest BCUT2D eigenvalue weighted by Gasteiger charge is -2.08. The van der Waals surface area contributed by atoms with Gasteiger partial charge in [0.1, 0.15) is 0 Å². The molecule has 0 unspecified atom stereocenters. The zero-order valence-corrected chi connectivity index (χ0v) is 15.2. The van der Waals surface area contributed by atoms with Crippen LogP contribution >= 0.6 is 23.1 Å². The molecular formula is C16H16N2O2S3. The largest absolute Gasteiger partial charge is 0.280 e. The second-order valence-corrected chi connectivity index (χ2v) is 8.74. The zero-order valence-electron chi connectivity index (χ0n) is 12.7. The molecule has 0 bridgehead atoms. The third kappa shape index (κ3) is 3.52. The first kappa shape index (κ1) is 16.3. The number of thioether (sulfide) groups is 1. The van der Waals surface area contributed by atoms with E-state index in [1.54, 1.807) is 41.3 Å². The van der Waals surface area contributed by atoms with Crippen LogP contribution in [-0.2, 0) is 16.4 Å². The lowest BCUT2D eigenvalue weighted by Crippen LogP contribution is -2.12. The van der Waals surface area contributed by atoms with Gasteiger partial charge in [-0.25, -0.2) is 13.4 Å². The second-order valence-electron chi connectivity index (χ2n) is 4.97. The van der Waals surface area contributed by atoms with Crippen LogP contribution in [0.25, 0.3) is 10.2 Å². The molecule has 3 aromatic rings. The summed E-state index contributed by atoms with van der Waals surface area (Å²) in [6.07, 6.45) is 2.86. The summed E-state index contributed by atoms with van der Waals surface area (Å²) in [4.78, 5) is 4.72. The number of nitrogens with one attached hydrogen (secondary N) is 1. The minimum absolute atomic E-state index is 0.268. The molecule has 1 aromatic heterocycles. The molecular weight excluding hydrogens is 348 g/mol. The van der Waals surface area contributed by atoms with Gasteiger partial charge in [-0.15, -0.1) is 11.3 Å². The molecule has 0 saturated carbocycles. The Bertz CT molecular complexity index is 932. The molecule has 0 fully saturated rings. The Morgan fingerprint density at radius 1 is 1.17 bits per heavy atom. The van der Waals surface area contributed by atoms with Gasteiger partial charge in [-0.3, -0.25) is 4.72 Å². The molecule has 0 aliphatic carbocycles. The fraction of sp³-hybridized carbons (Fsp3) is 0.188. The van der Waals surface area contributed by atoms with E-state index in [4.69, 9.17) is 0 Å². The van der Waals surface area contributed by atoms with Crippen LogP contribution < -0.4 is 4.72 Å². The van der Waals surface area contributed by atoms with E-state index in [1.807, 2.05) is 37.4 Å². The summed E-state index contributed by atoms with van der Waals surface area (Å²) in [6.45, 7) is 2.04. The van der Waals surface area contributed by atoms with Gasteiger partial charge in [-0.1, -0.05) is 30.8 Å². The molecule has 0 aliphatic heterocycles. The molecule has 23 heavy (non-hydrogen) atoms. The van der Waals surface area contributed by atoms with Gasteiger partial charge < -0.3 is 0 Å². The van der Waals surface area contributed by atoms with Gasteiger partial charge in [0, 0.05) is 0 Å². The molecule has 120 valence electrons. The minimum atomic E-state index is -3.58. The van der Waals surface area contributed by atoms with Crippen molar-refractivity contribution in [3.8, 4) is 0 Å². The molecule has 1 N–H and O–H groups in total. The van der Waals surface area contributed by atoms with Gasteiger partial charge in [0.2, 0.25) is 0 Å². The number of anilines is 1. The SMILES string of the molecule is CCc1ccc(S(=O)(=O)Nc2ccc3nc(SC)sc3c2)cc1. The van der Waals surface area contributed by atoms with Crippen molar-refractivity contribution < 1.29 is 8.42 Å². The van der Waals surface area contributed by atoms with E-state index in [-0.39, 0.29) is 4.90 Å². The fourth-order valence-corrected chi connectivity index (χ4v) is 4.75. The Kier molecular flexibility index (Phi) is 4.61. The smallest absolute Gasteiger partial charge is 0.261 e. The third-order valence-electron chi connectivity index (χ3n) is 3.44. The van der Waals surface area contributed by atoms with Crippen LogP contribution in [0.15, 0.2) is 51.7 Å². The van der Waals surface area contributed by atoms with Crippen molar-refractivity contribution in [3.05, 3.63) is 48.0 Å². The maximum absolute atomic E-state index is 12.5. The number of benzene rings is 2.